The number of hydrogen-bond acceptors (Lipinski definition) is 6. The van der Waals surface area contributed by atoms with Gasteiger partial charge >= 0.3 is 0 Å². The number of thiazole rings is 1. The molecule has 1 aromatic heterocycles. The van der Waals surface area contributed by atoms with Crippen molar-refractivity contribution in [2.45, 2.75) is 18.2 Å². The van der Waals surface area contributed by atoms with Gasteiger partial charge in [-0.3, -0.25) is 5.41 Å². The second kappa shape index (κ2) is 7.12. The molecule has 2 atom stereocenters. The lowest BCUT2D eigenvalue weighted by Gasteiger charge is -2.24. The van der Waals surface area contributed by atoms with Crippen LogP contribution in [0.3, 0.4) is 0 Å². The van der Waals surface area contributed by atoms with Gasteiger partial charge in [0.05, 0.1) is 27.8 Å². The Morgan fingerprint density at radius 1 is 1.14 bits per heavy atom. The predicted octanol–water partition coefficient (Wildman–Crippen LogP) is 0.929. The summed E-state index contributed by atoms with van der Waals surface area (Å²) < 4.78 is 25.1. The van der Waals surface area contributed by atoms with Crippen LogP contribution in [0.4, 0.5) is 5.69 Å². The van der Waals surface area contributed by atoms with Crippen molar-refractivity contribution < 1.29 is 25.4 Å². The number of nitrogens with zero attached hydrogens (tertiary/aromatic N) is 2. The van der Waals surface area contributed by atoms with E-state index < -0.39 is 9.84 Å². The summed E-state index contributed by atoms with van der Waals surface area (Å²) in [4.78, 5) is 6.58. The van der Waals surface area contributed by atoms with Crippen molar-refractivity contribution in [3.8, 4) is 10.6 Å². The second-order valence-electron chi connectivity index (χ2n) is 7.01. The number of fused-ring (bicyclic) bond motifs is 2. The van der Waals surface area contributed by atoms with Crippen LogP contribution in [0.15, 0.2) is 42.5 Å². The van der Waals surface area contributed by atoms with Gasteiger partial charge in [0.1, 0.15) is 5.01 Å². The molecule has 28 heavy (non-hydrogen) atoms. The Balaban J connectivity index is 0.00000192. The maximum Gasteiger partial charge on any atom is 0.161 e. The van der Waals surface area contributed by atoms with Gasteiger partial charge in [-0.25, -0.2) is 13.4 Å². The van der Waals surface area contributed by atoms with E-state index in [1.165, 1.54) is 22.0 Å². The number of aryl methyl sites for hydroxylation is 1. The smallest absolute Gasteiger partial charge is 0.161 e. The quantitative estimate of drug-likeness (QED) is 0.573. The van der Waals surface area contributed by atoms with Crippen LogP contribution in [-0.4, -0.2) is 41.4 Å². The van der Waals surface area contributed by atoms with Crippen LogP contribution in [0.25, 0.3) is 20.8 Å². The molecule has 3 heterocycles. The Morgan fingerprint density at radius 3 is 2.64 bits per heavy atom. The summed E-state index contributed by atoms with van der Waals surface area (Å²) in [6, 6.07) is 14.1. The summed E-state index contributed by atoms with van der Waals surface area (Å²) >= 11 is 3.03. The third-order valence-electron chi connectivity index (χ3n) is 5.02. The molecule has 0 spiro atoms. The van der Waals surface area contributed by atoms with Crippen molar-refractivity contribution >= 4 is 54.0 Å². The highest BCUT2D eigenvalue weighted by atomic mass is 79.9. The monoisotopic (exact) mass is 494 g/mol. The van der Waals surface area contributed by atoms with E-state index in [1.807, 2.05) is 35.2 Å². The molecule has 2 aliphatic heterocycles. The fourth-order valence-electron chi connectivity index (χ4n) is 3.73. The topological polar surface area (TPSA) is 74.1 Å². The van der Waals surface area contributed by atoms with E-state index in [0.29, 0.717) is 5.17 Å². The first-order valence-electron chi connectivity index (χ1n) is 8.62. The minimum atomic E-state index is -3.01. The van der Waals surface area contributed by atoms with Crippen LogP contribution in [0, 0.1) is 12.3 Å². The number of rotatable bonds is 2. The van der Waals surface area contributed by atoms with Gasteiger partial charge in [0, 0.05) is 16.5 Å². The zero-order valence-electron chi connectivity index (χ0n) is 14.9. The minimum absolute atomic E-state index is 0. The van der Waals surface area contributed by atoms with Crippen molar-refractivity contribution in [1.29, 1.82) is 5.41 Å². The Hall–Kier alpha value is -1.42. The summed E-state index contributed by atoms with van der Waals surface area (Å²) in [5, 5.41) is 9.63. The first-order valence-corrected chi connectivity index (χ1v) is 12.1. The highest BCUT2D eigenvalue weighted by molar-refractivity contribution is 8.15. The molecule has 2 aliphatic rings. The highest BCUT2D eigenvalue weighted by Crippen LogP contribution is 2.41. The zero-order chi connectivity index (χ0) is 18.8. The lowest BCUT2D eigenvalue weighted by Crippen LogP contribution is -3.00. The predicted molar refractivity (Wildman–Crippen MR) is 114 cm³/mol. The fourth-order valence-corrected chi connectivity index (χ4v) is 8.59. The summed E-state index contributed by atoms with van der Waals surface area (Å²) in [6.45, 7) is 2.08. The average Bonchev–Trinajstić information content (AvgIpc) is 3.23. The fraction of sp³-hybridized carbons (Fsp3) is 0.263. The number of thioether (sulfide) groups is 1. The number of anilines is 1. The summed E-state index contributed by atoms with van der Waals surface area (Å²) in [5.41, 5.74) is 4.13. The van der Waals surface area contributed by atoms with Gasteiger partial charge in [0.2, 0.25) is 0 Å². The number of benzene rings is 2. The van der Waals surface area contributed by atoms with Crippen molar-refractivity contribution in [2.75, 3.05) is 16.4 Å². The van der Waals surface area contributed by atoms with E-state index in [-0.39, 0.29) is 39.8 Å². The van der Waals surface area contributed by atoms with E-state index in [9.17, 15) is 8.42 Å². The molecule has 2 saturated heterocycles. The van der Waals surface area contributed by atoms with E-state index in [2.05, 4.69) is 19.1 Å². The van der Waals surface area contributed by atoms with Gasteiger partial charge in [0.15, 0.2) is 15.0 Å². The molecule has 5 rings (SSSR count). The van der Waals surface area contributed by atoms with Gasteiger partial charge in [0.25, 0.3) is 0 Å². The van der Waals surface area contributed by atoms with Crippen LogP contribution in [0.2, 0.25) is 0 Å². The van der Waals surface area contributed by atoms with Crippen LogP contribution in [0.1, 0.15) is 5.56 Å². The molecule has 0 bridgehead atoms. The maximum atomic E-state index is 12.0. The Morgan fingerprint density at radius 2 is 1.89 bits per heavy atom. The molecular formula is C19H17BrN3O2S3-. The highest BCUT2D eigenvalue weighted by Gasteiger charge is 2.48. The molecule has 146 valence electrons. The molecule has 0 aliphatic carbocycles. The Labute approximate surface area is 182 Å². The molecule has 1 N–H and O–H groups in total. The van der Waals surface area contributed by atoms with E-state index in [1.54, 1.807) is 11.3 Å². The normalized spacial score (nSPS) is 23.0. The molecule has 9 heteroatoms. The first kappa shape index (κ1) is 19.9. The Kier molecular flexibility index (Phi) is 5.06. The summed E-state index contributed by atoms with van der Waals surface area (Å²) in [7, 11) is -3.01. The average molecular weight is 495 g/mol. The number of halogens is 1. The molecular weight excluding hydrogens is 478 g/mol. The molecule has 2 fully saturated rings. The van der Waals surface area contributed by atoms with Gasteiger partial charge in [-0.15, -0.1) is 11.3 Å². The molecule has 3 aromatic rings. The zero-order valence-corrected chi connectivity index (χ0v) is 19.0. The number of nitrogens with one attached hydrogen (secondary N) is 1. The van der Waals surface area contributed by atoms with E-state index >= 15 is 0 Å². The van der Waals surface area contributed by atoms with Crippen molar-refractivity contribution in [1.82, 2.24) is 4.98 Å². The second-order valence-corrected chi connectivity index (χ2v) is 11.4. The van der Waals surface area contributed by atoms with Crippen molar-refractivity contribution in [2.24, 2.45) is 0 Å². The van der Waals surface area contributed by atoms with Gasteiger partial charge < -0.3 is 21.9 Å². The third-order valence-corrected chi connectivity index (χ3v) is 9.22. The lowest BCUT2D eigenvalue weighted by atomic mass is 10.1. The van der Waals surface area contributed by atoms with Crippen LogP contribution < -0.4 is 21.9 Å². The van der Waals surface area contributed by atoms with Gasteiger partial charge in [-0.05, 0) is 48.9 Å². The summed E-state index contributed by atoms with van der Waals surface area (Å²) in [6.07, 6.45) is 0. The number of aromatic nitrogens is 1. The largest absolute Gasteiger partial charge is 1.00 e. The van der Waals surface area contributed by atoms with Crippen LogP contribution >= 0.6 is 23.1 Å². The lowest BCUT2D eigenvalue weighted by molar-refractivity contribution is -0.00000788. The minimum Gasteiger partial charge on any atom is -1.00 e. The Bertz CT molecular complexity index is 1170. The van der Waals surface area contributed by atoms with Crippen LogP contribution in [0.5, 0.6) is 0 Å². The number of amidine groups is 1. The molecule has 0 radical (unpaired) electrons. The number of sulfone groups is 1. The van der Waals surface area contributed by atoms with Gasteiger partial charge in [-0.2, -0.15) is 0 Å². The van der Waals surface area contributed by atoms with Gasteiger partial charge in [-0.1, -0.05) is 17.8 Å². The standard InChI is InChI=1S/C19H17N3O2S3.BrH/c1-11-2-7-14-16(8-11)25-18(21-14)12-3-5-13(6-4-12)22-15-9-27(23,24)10-17(15)26-19(22)20;/h2-8,15,17,20H,9-10H2,1H3;1H/p-1. The maximum absolute atomic E-state index is 12.0. The van der Waals surface area contributed by atoms with E-state index in [4.69, 9.17) is 10.4 Å². The summed E-state index contributed by atoms with van der Waals surface area (Å²) in [5.74, 6) is 0.302. The first-order chi connectivity index (χ1) is 12.9. The molecule has 2 unspecified atom stereocenters. The van der Waals surface area contributed by atoms with Crippen LogP contribution in [-0.2, 0) is 9.84 Å². The van der Waals surface area contributed by atoms with Crippen molar-refractivity contribution in [3.05, 3.63) is 48.0 Å². The third kappa shape index (κ3) is 3.38. The van der Waals surface area contributed by atoms with Crippen molar-refractivity contribution in [3.63, 3.8) is 0 Å². The molecule has 0 saturated carbocycles. The molecule has 2 aromatic carbocycles. The number of hydrogen-bond donors (Lipinski definition) is 1. The van der Waals surface area contributed by atoms with E-state index in [0.717, 1.165) is 21.8 Å². The molecule has 5 nitrogen and oxygen atoms in total. The SMILES string of the molecule is Cc1ccc2nc(-c3ccc(N4C(=N)SC5CS(=O)(=O)CC54)cc3)sc2c1.[Br-]. The molecule has 0 amide bonds.